The third-order valence-corrected chi connectivity index (χ3v) is 5.29. The second-order valence-electron chi connectivity index (χ2n) is 6.83. The highest BCUT2D eigenvalue weighted by Crippen LogP contribution is 2.36. The molecule has 0 saturated heterocycles. The zero-order valence-corrected chi connectivity index (χ0v) is 14.7. The van der Waals surface area contributed by atoms with Crippen LogP contribution in [-0.4, -0.2) is 15.4 Å². The molecule has 0 spiro atoms. The highest BCUT2D eigenvalue weighted by Gasteiger charge is 2.33. The van der Waals surface area contributed by atoms with Crippen LogP contribution < -0.4 is 0 Å². The molecule has 4 heteroatoms. The van der Waals surface area contributed by atoms with Gasteiger partial charge in [0.15, 0.2) is 6.17 Å². The standard InChI is InChI=1S/C19H23FO2S/c1-13-9-11-14(12-10-13)23(22)16-8-6-5-7-15(16)17(20)18(21)19(2,3)4/h5-12,17-18,21H,1-4H3/t17-,18-,23?/m0/s1. The monoisotopic (exact) mass is 334 g/mol. The van der Waals surface area contributed by atoms with Gasteiger partial charge in [-0.05, 0) is 30.5 Å². The van der Waals surface area contributed by atoms with E-state index < -0.39 is 28.5 Å². The van der Waals surface area contributed by atoms with Crippen LogP contribution in [0.15, 0.2) is 58.3 Å². The van der Waals surface area contributed by atoms with Gasteiger partial charge in [0.2, 0.25) is 0 Å². The van der Waals surface area contributed by atoms with Crippen LogP contribution in [0, 0.1) is 12.3 Å². The summed E-state index contributed by atoms with van der Waals surface area (Å²) in [6, 6.07) is 14.0. The lowest BCUT2D eigenvalue weighted by molar-refractivity contribution is -0.00704. The Morgan fingerprint density at radius 3 is 2.17 bits per heavy atom. The van der Waals surface area contributed by atoms with Crippen molar-refractivity contribution in [2.24, 2.45) is 5.41 Å². The number of alkyl halides is 1. The minimum Gasteiger partial charge on any atom is -0.389 e. The Hall–Kier alpha value is -1.52. The molecule has 0 fully saturated rings. The van der Waals surface area contributed by atoms with E-state index in [-0.39, 0.29) is 5.56 Å². The first kappa shape index (κ1) is 17.8. The van der Waals surface area contributed by atoms with Crippen molar-refractivity contribution in [1.29, 1.82) is 0 Å². The fourth-order valence-electron chi connectivity index (χ4n) is 2.28. The van der Waals surface area contributed by atoms with Gasteiger partial charge in [-0.15, -0.1) is 0 Å². The van der Waals surface area contributed by atoms with E-state index in [4.69, 9.17) is 0 Å². The summed E-state index contributed by atoms with van der Waals surface area (Å²) in [5, 5.41) is 10.2. The number of aliphatic hydroxyl groups excluding tert-OH is 1. The van der Waals surface area contributed by atoms with E-state index in [9.17, 15) is 13.7 Å². The van der Waals surface area contributed by atoms with Crippen molar-refractivity contribution >= 4 is 10.8 Å². The molecular formula is C19H23FO2S. The number of hydrogen-bond acceptors (Lipinski definition) is 2. The zero-order valence-electron chi connectivity index (χ0n) is 13.9. The second-order valence-corrected chi connectivity index (χ2v) is 8.28. The van der Waals surface area contributed by atoms with Gasteiger partial charge in [-0.3, -0.25) is 0 Å². The van der Waals surface area contributed by atoms with Crippen LogP contribution >= 0.6 is 0 Å². The number of aliphatic hydroxyl groups is 1. The van der Waals surface area contributed by atoms with Gasteiger partial charge in [0.1, 0.15) is 0 Å². The molecule has 0 aliphatic rings. The summed E-state index contributed by atoms with van der Waals surface area (Å²) in [5.74, 6) is 0. The molecule has 0 amide bonds. The Balaban J connectivity index is 2.41. The van der Waals surface area contributed by atoms with Gasteiger partial charge < -0.3 is 5.11 Å². The fourth-order valence-corrected chi connectivity index (χ4v) is 3.51. The van der Waals surface area contributed by atoms with Crippen molar-refractivity contribution in [2.75, 3.05) is 0 Å². The molecule has 2 aromatic carbocycles. The first-order chi connectivity index (χ1) is 10.7. The van der Waals surface area contributed by atoms with Crippen molar-refractivity contribution in [3.8, 4) is 0 Å². The average molecular weight is 334 g/mol. The Bertz CT molecular complexity index is 689. The first-order valence-corrected chi connectivity index (χ1v) is 8.76. The maximum absolute atomic E-state index is 14.8. The Kier molecular flexibility index (Phi) is 5.37. The van der Waals surface area contributed by atoms with Crippen molar-refractivity contribution in [1.82, 2.24) is 0 Å². The lowest BCUT2D eigenvalue weighted by atomic mass is 9.84. The van der Waals surface area contributed by atoms with Gasteiger partial charge in [-0.2, -0.15) is 0 Å². The normalized spacial score (nSPS) is 15.9. The summed E-state index contributed by atoms with van der Waals surface area (Å²) < 4.78 is 27.7. The Labute approximate surface area is 139 Å². The van der Waals surface area contributed by atoms with Gasteiger partial charge in [0.25, 0.3) is 0 Å². The van der Waals surface area contributed by atoms with Gasteiger partial charge in [-0.25, -0.2) is 8.60 Å². The van der Waals surface area contributed by atoms with Crippen LogP contribution in [0.1, 0.15) is 38.1 Å². The molecule has 0 aliphatic carbocycles. The Morgan fingerprint density at radius 2 is 1.61 bits per heavy atom. The maximum Gasteiger partial charge on any atom is 0.153 e. The van der Waals surface area contributed by atoms with Crippen molar-refractivity contribution in [2.45, 2.75) is 49.8 Å². The second kappa shape index (κ2) is 6.93. The predicted octanol–water partition coefficient (Wildman–Crippen LogP) is 4.58. The van der Waals surface area contributed by atoms with Crippen LogP contribution in [0.5, 0.6) is 0 Å². The van der Waals surface area contributed by atoms with E-state index in [1.54, 1.807) is 57.2 Å². The summed E-state index contributed by atoms with van der Waals surface area (Å²) in [6.45, 7) is 7.30. The molecule has 1 N–H and O–H groups in total. The van der Waals surface area contributed by atoms with Gasteiger partial charge in [-0.1, -0.05) is 56.7 Å². The summed E-state index contributed by atoms with van der Waals surface area (Å²) in [4.78, 5) is 1.03. The molecule has 124 valence electrons. The van der Waals surface area contributed by atoms with Crippen LogP contribution in [0.4, 0.5) is 4.39 Å². The van der Waals surface area contributed by atoms with Gasteiger partial charge in [0.05, 0.1) is 16.9 Å². The minimum atomic E-state index is -1.58. The van der Waals surface area contributed by atoms with Crippen LogP contribution in [-0.2, 0) is 10.8 Å². The fraction of sp³-hybridized carbons (Fsp3) is 0.368. The summed E-state index contributed by atoms with van der Waals surface area (Å²) >= 11 is 0. The van der Waals surface area contributed by atoms with Crippen molar-refractivity contribution in [3.05, 3.63) is 59.7 Å². The molecule has 3 atom stereocenters. The molecule has 2 nitrogen and oxygen atoms in total. The molecule has 23 heavy (non-hydrogen) atoms. The zero-order chi connectivity index (χ0) is 17.2. The van der Waals surface area contributed by atoms with E-state index in [1.165, 1.54) is 0 Å². The molecule has 0 heterocycles. The van der Waals surface area contributed by atoms with Crippen LogP contribution in [0.2, 0.25) is 0 Å². The highest BCUT2D eigenvalue weighted by molar-refractivity contribution is 7.85. The quantitative estimate of drug-likeness (QED) is 0.888. The van der Waals surface area contributed by atoms with E-state index in [0.717, 1.165) is 5.56 Å². The summed E-state index contributed by atoms with van der Waals surface area (Å²) in [5.41, 5.74) is 0.761. The van der Waals surface area contributed by atoms with E-state index in [1.807, 2.05) is 19.1 Å². The third kappa shape index (κ3) is 4.06. The summed E-state index contributed by atoms with van der Waals surface area (Å²) in [6.07, 6.45) is -2.75. The van der Waals surface area contributed by atoms with Gasteiger partial charge in [0, 0.05) is 15.4 Å². The Morgan fingerprint density at radius 1 is 1.04 bits per heavy atom. The number of hydrogen-bond donors (Lipinski definition) is 1. The lowest BCUT2D eigenvalue weighted by Gasteiger charge is -2.29. The molecular weight excluding hydrogens is 311 g/mol. The molecule has 2 aromatic rings. The van der Waals surface area contributed by atoms with E-state index >= 15 is 0 Å². The largest absolute Gasteiger partial charge is 0.389 e. The molecule has 0 aliphatic heterocycles. The molecule has 0 bridgehead atoms. The van der Waals surface area contributed by atoms with Crippen molar-refractivity contribution < 1.29 is 13.7 Å². The van der Waals surface area contributed by atoms with Crippen molar-refractivity contribution in [3.63, 3.8) is 0 Å². The average Bonchev–Trinajstić information content (AvgIpc) is 2.52. The molecule has 0 saturated carbocycles. The number of benzene rings is 2. The summed E-state index contributed by atoms with van der Waals surface area (Å²) in [7, 11) is -1.48. The minimum absolute atomic E-state index is 0.286. The number of rotatable bonds is 4. The molecule has 1 unspecified atom stereocenters. The maximum atomic E-state index is 14.8. The smallest absolute Gasteiger partial charge is 0.153 e. The third-order valence-electron chi connectivity index (χ3n) is 3.82. The molecule has 2 rings (SSSR count). The number of halogens is 1. The SMILES string of the molecule is Cc1ccc(S(=O)c2ccccc2[C@H](F)[C@H](O)C(C)(C)C)cc1. The number of aryl methyl sites for hydroxylation is 1. The molecule has 0 aromatic heterocycles. The molecule has 0 radical (unpaired) electrons. The highest BCUT2D eigenvalue weighted by atomic mass is 32.2. The van der Waals surface area contributed by atoms with E-state index in [0.29, 0.717) is 9.79 Å². The first-order valence-electron chi connectivity index (χ1n) is 7.61. The lowest BCUT2D eigenvalue weighted by Crippen LogP contribution is -2.31. The van der Waals surface area contributed by atoms with E-state index in [2.05, 4.69) is 0 Å². The van der Waals surface area contributed by atoms with Crippen LogP contribution in [0.3, 0.4) is 0 Å². The predicted molar refractivity (Wildman–Crippen MR) is 91.6 cm³/mol. The van der Waals surface area contributed by atoms with Gasteiger partial charge >= 0.3 is 0 Å². The topological polar surface area (TPSA) is 37.3 Å². The van der Waals surface area contributed by atoms with Crippen LogP contribution in [0.25, 0.3) is 0 Å².